The molecule has 0 heterocycles. The van der Waals surface area contributed by atoms with Crippen molar-refractivity contribution in [2.45, 2.75) is 6.42 Å². The lowest BCUT2D eigenvalue weighted by atomic mass is 10.2. The van der Waals surface area contributed by atoms with E-state index in [4.69, 9.17) is 11.5 Å². The van der Waals surface area contributed by atoms with Crippen molar-refractivity contribution < 1.29 is 4.92 Å². The van der Waals surface area contributed by atoms with Crippen LogP contribution in [0.4, 0.5) is 17.1 Å². The highest BCUT2D eigenvalue weighted by Crippen LogP contribution is 2.26. The Bertz CT molecular complexity index is 359. The van der Waals surface area contributed by atoms with Crippen LogP contribution in [0, 0.1) is 10.1 Å². The first-order chi connectivity index (χ1) is 7.15. The second kappa shape index (κ2) is 6.86. The van der Waals surface area contributed by atoms with Crippen molar-refractivity contribution in [3.63, 3.8) is 0 Å². The van der Waals surface area contributed by atoms with Gasteiger partial charge in [-0.2, -0.15) is 0 Å². The standard InChI is InChI=1S/C9H14N4O2.ClH/c10-4-1-5-12-8-3-2-7(11)6-9(8)13(14)15;/h2-3,6,12H,1,4-5,10-11H2;1H. The number of rotatable bonds is 5. The molecule has 0 saturated heterocycles. The number of anilines is 2. The molecule has 0 bridgehead atoms. The summed E-state index contributed by atoms with van der Waals surface area (Å²) in [5, 5.41) is 13.6. The summed E-state index contributed by atoms with van der Waals surface area (Å²) in [6.45, 7) is 1.16. The van der Waals surface area contributed by atoms with Gasteiger partial charge in [0.25, 0.3) is 5.69 Å². The third-order valence-electron chi connectivity index (χ3n) is 1.91. The minimum atomic E-state index is -0.457. The lowest BCUT2D eigenvalue weighted by Crippen LogP contribution is -2.09. The van der Waals surface area contributed by atoms with Gasteiger partial charge in [-0.05, 0) is 25.1 Å². The third-order valence-corrected chi connectivity index (χ3v) is 1.91. The number of nitro benzene ring substituents is 1. The smallest absolute Gasteiger partial charge is 0.294 e. The molecule has 0 aliphatic heterocycles. The van der Waals surface area contributed by atoms with Gasteiger partial charge in [-0.3, -0.25) is 10.1 Å². The third kappa shape index (κ3) is 3.92. The van der Waals surface area contributed by atoms with E-state index in [9.17, 15) is 10.1 Å². The Morgan fingerprint density at radius 2 is 2.12 bits per heavy atom. The zero-order valence-corrected chi connectivity index (χ0v) is 9.50. The Kier molecular flexibility index (Phi) is 6.21. The number of nitrogens with one attached hydrogen (secondary N) is 1. The average Bonchev–Trinajstić information content (AvgIpc) is 2.20. The molecule has 0 aliphatic rings. The van der Waals surface area contributed by atoms with Gasteiger partial charge >= 0.3 is 0 Å². The summed E-state index contributed by atoms with van der Waals surface area (Å²) in [7, 11) is 0. The minimum absolute atomic E-state index is 0. The van der Waals surface area contributed by atoms with Crippen LogP contribution in [0.3, 0.4) is 0 Å². The van der Waals surface area contributed by atoms with Crippen molar-refractivity contribution in [2.24, 2.45) is 5.73 Å². The summed E-state index contributed by atoms with van der Waals surface area (Å²) >= 11 is 0. The number of nitro groups is 1. The molecule has 0 unspecified atom stereocenters. The van der Waals surface area contributed by atoms with Gasteiger partial charge in [0, 0.05) is 18.3 Å². The van der Waals surface area contributed by atoms with E-state index in [1.807, 2.05) is 0 Å². The Hall–Kier alpha value is -1.53. The van der Waals surface area contributed by atoms with Crippen LogP contribution >= 0.6 is 12.4 Å². The fourth-order valence-corrected chi connectivity index (χ4v) is 1.17. The maximum Gasteiger partial charge on any atom is 0.294 e. The molecule has 0 radical (unpaired) electrons. The molecule has 0 spiro atoms. The Balaban J connectivity index is 0.00000225. The van der Waals surface area contributed by atoms with Crippen molar-refractivity contribution in [1.82, 2.24) is 0 Å². The van der Waals surface area contributed by atoms with Gasteiger partial charge in [0.15, 0.2) is 0 Å². The summed E-state index contributed by atoms with van der Waals surface area (Å²) in [6.07, 6.45) is 0.765. The van der Waals surface area contributed by atoms with Crippen LogP contribution in [0.25, 0.3) is 0 Å². The summed E-state index contributed by atoms with van der Waals surface area (Å²) in [5.74, 6) is 0. The fourth-order valence-electron chi connectivity index (χ4n) is 1.17. The van der Waals surface area contributed by atoms with Crippen LogP contribution in [0.5, 0.6) is 0 Å². The molecule has 90 valence electrons. The molecule has 0 aliphatic carbocycles. The number of hydrogen-bond acceptors (Lipinski definition) is 5. The molecule has 0 amide bonds. The summed E-state index contributed by atoms with van der Waals surface area (Å²) in [5.41, 5.74) is 11.6. The second-order valence-electron chi connectivity index (χ2n) is 3.10. The molecule has 0 fully saturated rings. The van der Waals surface area contributed by atoms with E-state index in [-0.39, 0.29) is 18.1 Å². The zero-order chi connectivity index (χ0) is 11.3. The first kappa shape index (κ1) is 14.5. The molecule has 0 atom stereocenters. The number of nitrogens with two attached hydrogens (primary N) is 2. The molecule has 0 saturated carbocycles. The van der Waals surface area contributed by atoms with E-state index in [0.29, 0.717) is 24.5 Å². The van der Waals surface area contributed by atoms with Crippen molar-refractivity contribution in [1.29, 1.82) is 0 Å². The highest BCUT2D eigenvalue weighted by molar-refractivity contribution is 5.85. The van der Waals surface area contributed by atoms with Gasteiger partial charge in [-0.25, -0.2) is 0 Å². The molecule has 0 aromatic heterocycles. The lowest BCUT2D eigenvalue weighted by molar-refractivity contribution is -0.383. The minimum Gasteiger partial charge on any atom is -0.399 e. The molecule has 1 aromatic rings. The van der Waals surface area contributed by atoms with Gasteiger partial charge in [-0.1, -0.05) is 0 Å². The summed E-state index contributed by atoms with van der Waals surface area (Å²) in [6, 6.07) is 4.56. The highest BCUT2D eigenvalue weighted by atomic mass is 35.5. The maximum absolute atomic E-state index is 10.7. The number of hydrogen-bond donors (Lipinski definition) is 3. The van der Waals surface area contributed by atoms with Gasteiger partial charge in [0.1, 0.15) is 5.69 Å². The van der Waals surface area contributed by atoms with Crippen LogP contribution in [-0.2, 0) is 0 Å². The van der Waals surface area contributed by atoms with Crippen molar-refractivity contribution in [3.05, 3.63) is 28.3 Å². The molecular formula is C9H15ClN4O2. The zero-order valence-electron chi connectivity index (χ0n) is 8.68. The largest absolute Gasteiger partial charge is 0.399 e. The number of nitrogen functional groups attached to an aromatic ring is 1. The van der Waals surface area contributed by atoms with Gasteiger partial charge < -0.3 is 16.8 Å². The van der Waals surface area contributed by atoms with Gasteiger partial charge in [-0.15, -0.1) is 12.4 Å². The lowest BCUT2D eigenvalue weighted by Gasteiger charge is -2.06. The Morgan fingerprint density at radius 1 is 1.44 bits per heavy atom. The molecular weight excluding hydrogens is 232 g/mol. The van der Waals surface area contributed by atoms with Crippen LogP contribution in [0.1, 0.15) is 6.42 Å². The summed E-state index contributed by atoms with van der Waals surface area (Å²) in [4.78, 5) is 10.2. The van der Waals surface area contributed by atoms with E-state index in [1.165, 1.54) is 6.07 Å². The van der Waals surface area contributed by atoms with E-state index in [1.54, 1.807) is 12.1 Å². The van der Waals surface area contributed by atoms with E-state index in [0.717, 1.165) is 6.42 Å². The number of benzene rings is 1. The monoisotopic (exact) mass is 246 g/mol. The van der Waals surface area contributed by atoms with Crippen LogP contribution in [0.15, 0.2) is 18.2 Å². The van der Waals surface area contributed by atoms with Crippen molar-refractivity contribution in [3.8, 4) is 0 Å². The molecule has 5 N–H and O–H groups in total. The Labute approximate surface area is 99.6 Å². The normalized spacial score (nSPS) is 9.31. The first-order valence-corrected chi connectivity index (χ1v) is 4.63. The van der Waals surface area contributed by atoms with Gasteiger partial charge in [0.2, 0.25) is 0 Å². The van der Waals surface area contributed by atoms with E-state index >= 15 is 0 Å². The first-order valence-electron chi connectivity index (χ1n) is 4.63. The number of halogens is 1. The SMILES string of the molecule is Cl.NCCCNc1ccc(N)cc1[N+](=O)[O-]. The van der Waals surface area contributed by atoms with Gasteiger partial charge in [0.05, 0.1) is 4.92 Å². The van der Waals surface area contributed by atoms with Crippen LogP contribution in [-0.4, -0.2) is 18.0 Å². The maximum atomic E-state index is 10.7. The highest BCUT2D eigenvalue weighted by Gasteiger charge is 2.12. The Morgan fingerprint density at radius 3 is 2.69 bits per heavy atom. The van der Waals surface area contributed by atoms with Crippen LogP contribution in [0.2, 0.25) is 0 Å². The molecule has 7 heteroatoms. The van der Waals surface area contributed by atoms with Crippen molar-refractivity contribution in [2.75, 3.05) is 24.1 Å². The van der Waals surface area contributed by atoms with Crippen molar-refractivity contribution >= 4 is 29.5 Å². The predicted molar refractivity (Wildman–Crippen MR) is 66.9 cm³/mol. The predicted octanol–water partition coefficient (Wildman–Crippen LogP) is 1.36. The molecule has 6 nitrogen and oxygen atoms in total. The summed E-state index contributed by atoms with van der Waals surface area (Å²) < 4.78 is 0. The van der Waals surface area contributed by atoms with E-state index in [2.05, 4.69) is 5.32 Å². The average molecular weight is 247 g/mol. The number of nitrogens with zero attached hydrogens (tertiary/aromatic N) is 1. The molecule has 1 aromatic carbocycles. The van der Waals surface area contributed by atoms with Crippen LogP contribution < -0.4 is 16.8 Å². The second-order valence-corrected chi connectivity index (χ2v) is 3.10. The van der Waals surface area contributed by atoms with E-state index < -0.39 is 4.92 Å². The fraction of sp³-hybridized carbons (Fsp3) is 0.333. The quantitative estimate of drug-likeness (QED) is 0.315. The molecule has 16 heavy (non-hydrogen) atoms. The molecule has 1 rings (SSSR count). The topological polar surface area (TPSA) is 107 Å².